The van der Waals surface area contributed by atoms with Crippen LogP contribution in [0.5, 0.6) is 0 Å². The molecule has 0 radical (unpaired) electrons. The van der Waals surface area contributed by atoms with Crippen molar-refractivity contribution in [1.82, 2.24) is 4.90 Å². The minimum absolute atomic E-state index is 0.187. The largest absolute Gasteiger partial charge is 0.490 e. The molecule has 0 aromatic rings. The molecule has 0 unspecified atom stereocenters. The van der Waals surface area contributed by atoms with Crippen LogP contribution in [0.25, 0.3) is 0 Å². The van der Waals surface area contributed by atoms with E-state index in [9.17, 15) is 4.79 Å². The van der Waals surface area contributed by atoms with E-state index in [1.807, 2.05) is 4.90 Å². The lowest BCUT2D eigenvalue weighted by Crippen LogP contribution is -2.55. The van der Waals surface area contributed by atoms with Crippen LogP contribution in [-0.2, 0) is 18.8 Å². The molecular weight excluding hydrogens is 329 g/mol. The quantitative estimate of drug-likeness (QED) is 0.704. The molecule has 2 saturated heterocycles. The lowest BCUT2D eigenvalue weighted by atomic mass is 9.50. The Labute approximate surface area is 158 Å². The van der Waals surface area contributed by atoms with Crippen molar-refractivity contribution in [1.29, 1.82) is 0 Å². The van der Waals surface area contributed by atoms with E-state index in [1.165, 1.54) is 0 Å². The first kappa shape index (κ1) is 19.9. The number of nitrogens with zero attached hydrogens (tertiary/aromatic N) is 1. The minimum atomic E-state index is -0.453. The smallest absolute Gasteiger partial charge is 0.400 e. The number of hydrogen-bond donors (Lipinski definition) is 0. The Morgan fingerprint density at radius 2 is 1.73 bits per heavy atom. The summed E-state index contributed by atoms with van der Waals surface area (Å²) in [4.78, 5) is 15.2. The number of rotatable bonds is 5. The van der Waals surface area contributed by atoms with Crippen molar-refractivity contribution in [3.8, 4) is 0 Å². The maximum Gasteiger partial charge on any atom is 0.490 e. The molecule has 0 saturated carbocycles. The zero-order valence-electron chi connectivity index (χ0n) is 17.3. The summed E-state index contributed by atoms with van der Waals surface area (Å²) in [6.45, 7) is 15.2. The highest BCUT2D eigenvalue weighted by Gasteiger charge is 2.59. The fourth-order valence-electron chi connectivity index (χ4n) is 4.20. The van der Waals surface area contributed by atoms with E-state index >= 15 is 0 Å². The number of amides is 1. The number of unbranched alkanes of at least 4 members (excludes halogenated alkanes) is 1. The average molecular weight is 363 g/mol. The second-order valence-electron chi connectivity index (χ2n) is 9.11. The molecular formula is C20H34BNO4. The average Bonchev–Trinajstić information content (AvgIpc) is 2.80. The van der Waals surface area contributed by atoms with E-state index in [-0.39, 0.29) is 30.1 Å². The van der Waals surface area contributed by atoms with Crippen molar-refractivity contribution in [2.24, 2.45) is 11.3 Å². The third-order valence-electron chi connectivity index (χ3n) is 6.72. The van der Waals surface area contributed by atoms with Gasteiger partial charge < -0.3 is 18.9 Å². The van der Waals surface area contributed by atoms with Crippen molar-refractivity contribution >= 4 is 13.0 Å². The lowest BCUT2D eigenvalue weighted by Gasteiger charge is -2.47. The molecule has 0 spiro atoms. The summed E-state index contributed by atoms with van der Waals surface area (Å²) in [5, 5.41) is 0. The molecule has 1 aliphatic carbocycles. The van der Waals surface area contributed by atoms with Gasteiger partial charge in [-0.25, -0.2) is 0 Å². The van der Waals surface area contributed by atoms with Gasteiger partial charge in [0.15, 0.2) is 0 Å². The maximum absolute atomic E-state index is 13.2. The van der Waals surface area contributed by atoms with Gasteiger partial charge in [-0.3, -0.25) is 4.79 Å². The van der Waals surface area contributed by atoms with E-state index in [0.29, 0.717) is 26.3 Å². The third-order valence-corrected chi connectivity index (χ3v) is 6.72. The summed E-state index contributed by atoms with van der Waals surface area (Å²) in [6, 6.07) is 0. The number of carbonyl (C=O) groups excluding carboxylic acids is 1. The first-order chi connectivity index (χ1) is 12.1. The summed E-state index contributed by atoms with van der Waals surface area (Å²) >= 11 is 0. The molecule has 26 heavy (non-hydrogen) atoms. The molecule has 5 nitrogen and oxygen atoms in total. The lowest BCUT2D eigenvalue weighted by molar-refractivity contribution is -0.146. The van der Waals surface area contributed by atoms with Crippen LogP contribution in [0.2, 0.25) is 0 Å². The second-order valence-corrected chi connectivity index (χ2v) is 9.11. The van der Waals surface area contributed by atoms with E-state index in [2.05, 4.69) is 47.6 Å². The first-order valence-corrected chi connectivity index (χ1v) is 10.1. The summed E-state index contributed by atoms with van der Waals surface area (Å²) in [7, 11) is -0.340. The number of morpholine rings is 1. The van der Waals surface area contributed by atoms with Crippen molar-refractivity contribution in [2.45, 2.75) is 72.0 Å². The Bertz CT molecular complexity index is 566. The fourth-order valence-corrected chi connectivity index (χ4v) is 4.20. The minimum Gasteiger partial charge on any atom is -0.400 e. The Morgan fingerprint density at radius 1 is 1.15 bits per heavy atom. The molecule has 146 valence electrons. The summed E-state index contributed by atoms with van der Waals surface area (Å²) < 4.78 is 17.9. The Balaban J connectivity index is 1.81. The highest BCUT2D eigenvalue weighted by molar-refractivity contribution is 6.55. The van der Waals surface area contributed by atoms with Crippen LogP contribution in [0.3, 0.4) is 0 Å². The van der Waals surface area contributed by atoms with Crippen LogP contribution < -0.4 is 0 Å². The molecule has 0 N–H and O–H groups in total. The molecule has 0 bridgehead atoms. The molecule has 2 atom stereocenters. The van der Waals surface area contributed by atoms with Crippen LogP contribution in [-0.4, -0.2) is 55.4 Å². The molecule has 2 heterocycles. The van der Waals surface area contributed by atoms with Crippen molar-refractivity contribution in [3.05, 3.63) is 11.5 Å². The van der Waals surface area contributed by atoms with Crippen molar-refractivity contribution < 1.29 is 18.8 Å². The Morgan fingerprint density at radius 3 is 2.27 bits per heavy atom. The number of ether oxygens (including phenoxy) is 1. The standard InChI is InChI=1S/C20H34BNO4/c1-7-8-9-15-16(21-25-18(2,3)19(4,5)26-21)14-20(15,6)17(23)22-10-12-24-13-11-22/h14-15H,7-13H2,1-6H3/t15-,20+/m1/s1. The molecule has 2 fully saturated rings. The van der Waals surface area contributed by atoms with Gasteiger partial charge in [-0.2, -0.15) is 0 Å². The van der Waals surface area contributed by atoms with Gasteiger partial charge in [0.05, 0.1) is 29.8 Å². The Kier molecular flexibility index (Phi) is 5.32. The molecule has 0 aromatic heterocycles. The van der Waals surface area contributed by atoms with Gasteiger partial charge in [-0.1, -0.05) is 25.8 Å². The van der Waals surface area contributed by atoms with Gasteiger partial charge >= 0.3 is 7.12 Å². The SMILES string of the molecule is CCCC[C@@H]1C(B2OC(C)(C)C(C)(C)O2)=C[C@]1(C)C(=O)N1CCOCC1. The predicted molar refractivity (Wildman–Crippen MR) is 103 cm³/mol. The van der Waals surface area contributed by atoms with Gasteiger partial charge in [-0.05, 0) is 52.4 Å². The molecule has 3 rings (SSSR count). The number of allylic oxidation sites excluding steroid dienone is 1. The molecule has 6 heteroatoms. The topological polar surface area (TPSA) is 48.0 Å². The number of carbonyl (C=O) groups is 1. The zero-order valence-corrected chi connectivity index (χ0v) is 17.3. The van der Waals surface area contributed by atoms with Crippen molar-refractivity contribution in [3.63, 3.8) is 0 Å². The highest BCUT2D eigenvalue weighted by atomic mass is 16.7. The van der Waals surface area contributed by atoms with Gasteiger partial charge in [-0.15, -0.1) is 0 Å². The summed E-state index contributed by atoms with van der Waals surface area (Å²) in [5.74, 6) is 0.412. The fraction of sp³-hybridized carbons (Fsp3) is 0.850. The van der Waals surface area contributed by atoms with Gasteiger partial charge in [0, 0.05) is 13.1 Å². The van der Waals surface area contributed by atoms with E-state index in [4.69, 9.17) is 14.0 Å². The summed E-state index contributed by atoms with van der Waals surface area (Å²) in [5.41, 5.74) is -0.00535. The molecule has 2 aliphatic heterocycles. The van der Waals surface area contributed by atoms with Crippen LogP contribution in [0.15, 0.2) is 11.5 Å². The monoisotopic (exact) mass is 363 g/mol. The first-order valence-electron chi connectivity index (χ1n) is 10.1. The molecule has 0 aromatic carbocycles. The highest BCUT2D eigenvalue weighted by Crippen LogP contribution is 2.52. The molecule has 1 amide bonds. The summed E-state index contributed by atoms with van der Waals surface area (Å²) in [6.07, 6.45) is 5.34. The molecule has 3 aliphatic rings. The predicted octanol–water partition coefficient (Wildman–Crippen LogP) is 3.23. The van der Waals surface area contributed by atoms with Gasteiger partial charge in [0.25, 0.3) is 0 Å². The van der Waals surface area contributed by atoms with Gasteiger partial charge in [0.1, 0.15) is 0 Å². The second kappa shape index (κ2) is 6.95. The van der Waals surface area contributed by atoms with E-state index in [0.717, 1.165) is 24.7 Å². The van der Waals surface area contributed by atoms with E-state index < -0.39 is 5.41 Å². The van der Waals surface area contributed by atoms with Crippen LogP contribution >= 0.6 is 0 Å². The van der Waals surface area contributed by atoms with Crippen molar-refractivity contribution in [2.75, 3.05) is 26.3 Å². The normalized spacial score (nSPS) is 33.0. The van der Waals surface area contributed by atoms with Crippen LogP contribution in [0.1, 0.15) is 60.8 Å². The van der Waals surface area contributed by atoms with Gasteiger partial charge in [0.2, 0.25) is 5.91 Å². The maximum atomic E-state index is 13.2. The third kappa shape index (κ3) is 3.25. The number of hydrogen-bond acceptors (Lipinski definition) is 4. The zero-order chi connectivity index (χ0) is 19.2. The Hall–Kier alpha value is -0.845. The van der Waals surface area contributed by atoms with Crippen LogP contribution in [0.4, 0.5) is 0 Å². The van der Waals surface area contributed by atoms with E-state index in [1.54, 1.807) is 0 Å². The van der Waals surface area contributed by atoms with Crippen LogP contribution in [0, 0.1) is 11.3 Å².